The van der Waals surface area contributed by atoms with E-state index in [9.17, 15) is 0 Å². The van der Waals surface area contributed by atoms with Crippen LogP contribution in [0.15, 0.2) is 146 Å². The quantitative estimate of drug-likeness (QED) is 0.176. The van der Waals surface area contributed by atoms with Crippen molar-refractivity contribution in [2.45, 2.75) is 31.7 Å². The molecule has 0 N–H and O–H groups in total. The van der Waals surface area contributed by atoms with Gasteiger partial charge < -0.3 is 9.64 Å². The molecule has 0 fully saturated rings. The Bertz CT molecular complexity index is 1980. The molecule has 3 heterocycles. The molecular weight excluding hydrogens is 551 g/mol. The largest absolute Gasteiger partial charge is 0.458 e. The van der Waals surface area contributed by atoms with Crippen molar-refractivity contribution < 1.29 is 4.74 Å². The Kier molecular flexibility index (Phi) is 5.15. The summed E-state index contributed by atoms with van der Waals surface area (Å²) in [6.07, 6.45) is 0. The fourth-order valence-electron chi connectivity index (χ4n) is 8.69. The molecule has 44 heavy (non-hydrogen) atoms. The first-order valence-electron chi connectivity index (χ1n) is 15.5. The Balaban J connectivity index is 1.52. The van der Waals surface area contributed by atoms with Crippen LogP contribution in [0.5, 0.6) is 11.5 Å². The van der Waals surface area contributed by atoms with Gasteiger partial charge in [0.1, 0.15) is 11.5 Å². The molecule has 9 rings (SSSR count). The molecule has 2 spiro atoms. The van der Waals surface area contributed by atoms with Crippen LogP contribution >= 0.6 is 0 Å². The van der Waals surface area contributed by atoms with E-state index in [0.717, 1.165) is 11.5 Å². The second-order valence-corrected chi connectivity index (χ2v) is 16.9. The van der Waals surface area contributed by atoms with E-state index in [1.807, 2.05) is 0 Å². The van der Waals surface area contributed by atoms with Gasteiger partial charge in [-0.2, -0.15) is 0 Å². The third-order valence-corrected chi connectivity index (χ3v) is 15.0. The van der Waals surface area contributed by atoms with Crippen molar-refractivity contribution in [1.82, 2.24) is 0 Å². The lowest BCUT2D eigenvalue weighted by atomic mass is 9.61. The summed E-state index contributed by atoms with van der Waals surface area (Å²) < 4.78 is 6.66. The first kappa shape index (κ1) is 25.6. The number of benzene rings is 6. The lowest BCUT2D eigenvalue weighted by Crippen LogP contribution is -2.80. The predicted molar refractivity (Wildman–Crippen MR) is 184 cm³/mol. The summed E-state index contributed by atoms with van der Waals surface area (Å²) in [6.45, 7) is 6.96. The molecule has 3 aliphatic rings. The number of ether oxygens (including phenoxy) is 1. The minimum Gasteiger partial charge on any atom is -0.458 e. The average molecular weight is 584 g/mol. The van der Waals surface area contributed by atoms with Gasteiger partial charge in [0, 0.05) is 16.9 Å². The lowest BCUT2D eigenvalue weighted by Gasteiger charge is -2.55. The highest BCUT2D eigenvalue weighted by molar-refractivity contribution is 7.21. The molecule has 0 unspecified atom stereocenters. The molecule has 6 aromatic rings. The van der Waals surface area contributed by atoms with Gasteiger partial charge in [0.05, 0.1) is 5.41 Å². The maximum absolute atomic E-state index is 6.66. The first-order valence-corrected chi connectivity index (χ1v) is 17.5. The monoisotopic (exact) mass is 583 g/mol. The number of hydrogen-bond acceptors (Lipinski definition) is 2. The highest BCUT2D eigenvalue weighted by atomic mass is 28.3. The van der Waals surface area contributed by atoms with Gasteiger partial charge in [0.2, 0.25) is 0 Å². The van der Waals surface area contributed by atoms with E-state index in [1.165, 1.54) is 54.4 Å². The maximum Gasteiger partial charge on any atom is 0.188 e. The predicted octanol–water partition coefficient (Wildman–Crippen LogP) is 7.12. The molecule has 3 heteroatoms. The fraction of sp³-hybridized carbons (Fsp3) is 0.122. The highest BCUT2D eigenvalue weighted by Crippen LogP contribution is 2.58. The van der Waals surface area contributed by atoms with Crippen LogP contribution in [0, 0.1) is 0 Å². The zero-order chi connectivity index (χ0) is 29.7. The number of rotatable bonds is 0. The zero-order valence-electron chi connectivity index (χ0n) is 25.2. The van der Waals surface area contributed by atoms with Crippen LogP contribution in [-0.2, 0) is 5.41 Å². The summed E-state index contributed by atoms with van der Waals surface area (Å²) in [7, 11) is -2.80. The minimum absolute atomic E-state index is 0.115. The third-order valence-electron chi connectivity index (χ3n) is 10.0. The average Bonchev–Trinajstić information content (AvgIpc) is 3.05. The van der Waals surface area contributed by atoms with E-state index in [4.69, 9.17) is 4.74 Å². The van der Waals surface area contributed by atoms with Gasteiger partial charge in [0.15, 0.2) is 8.07 Å². The summed E-state index contributed by atoms with van der Waals surface area (Å²) in [5.41, 5.74) is 7.38. The van der Waals surface area contributed by atoms with E-state index < -0.39 is 13.5 Å². The van der Waals surface area contributed by atoms with Crippen LogP contribution in [0.25, 0.3) is 0 Å². The second-order valence-electron chi connectivity index (χ2n) is 13.2. The van der Waals surface area contributed by atoms with Crippen molar-refractivity contribution in [3.05, 3.63) is 168 Å². The summed E-state index contributed by atoms with van der Waals surface area (Å²) in [5.74, 6) is 1.95. The Hall–Kier alpha value is -4.86. The summed E-state index contributed by atoms with van der Waals surface area (Å²) in [4.78, 5) is 2.55. The molecule has 0 amide bonds. The van der Waals surface area contributed by atoms with Crippen LogP contribution in [0.3, 0.4) is 0 Å². The van der Waals surface area contributed by atoms with Crippen molar-refractivity contribution in [3.8, 4) is 11.5 Å². The third kappa shape index (κ3) is 3.00. The summed E-state index contributed by atoms with van der Waals surface area (Å²) in [5, 5.41) is 5.52. The molecule has 0 radical (unpaired) electrons. The van der Waals surface area contributed by atoms with Crippen LogP contribution in [0.2, 0.25) is 0 Å². The topological polar surface area (TPSA) is 12.5 Å². The van der Waals surface area contributed by atoms with Crippen molar-refractivity contribution in [1.29, 1.82) is 0 Å². The van der Waals surface area contributed by atoms with Crippen LogP contribution in [0.1, 0.15) is 43.0 Å². The Morgan fingerprint density at radius 1 is 0.455 bits per heavy atom. The van der Waals surface area contributed by atoms with Crippen LogP contribution in [0.4, 0.5) is 11.4 Å². The van der Waals surface area contributed by atoms with Gasteiger partial charge in [-0.1, -0.05) is 121 Å². The van der Waals surface area contributed by atoms with E-state index in [1.54, 1.807) is 0 Å². The molecule has 0 aliphatic carbocycles. The molecule has 0 aromatic heterocycles. The standard InChI is InChI=1S/C41H33NOSi/c1-40(2,3)42-32-20-8-4-16-28(32)41(29-17-5-9-21-33(29)42)30-18-6-12-24-36(30)44(37-25-13-7-19-31(37)41)38-26-14-10-22-34(38)43-35-23-11-15-27-39(35)44/h4-27H,1-3H3. The molecule has 6 aromatic carbocycles. The Morgan fingerprint density at radius 3 is 1.27 bits per heavy atom. The summed E-state index contributed by atoms with van der Waals surface area (Å²) in [6, 6.07) is 54.5. The highest BCUT2D eigenvalue weighted by Gasteiger charge is 2.60. The zero-order valence-corrected chi connectivity index (χ0v) is 26.2. The van der Waals surface area contributed by atoms with E-state index >= 15 is 0 Å². The van der Waals surface area contributed by atoms with Gasteiger partial charge in [-0.25, -0.2) is 0 Å². The minimum atomic E-state index is -2.80. The molecule has 2 nitrogen and oxygen atoms in total. The van der Waals surface area contributed by atoms with Gasteiger partial charge in [0.25, 0.3) is 0 Å². The van der Waals surface area contributed by atoms with E-state index in [2.05, 4.69) is 171 Å². The smallest absolute Gasteiger partial charge is 0.188 e. The van der Waals surface area contributed by atoms with E-state index in [0.29, 0.717) is 0 Å². The number of para-hydroxylation sites is 4. The van der Waals surface area contributed by atoms with Gasteiger partial charge in [-0.15, -0.1) is 0 Å². The van der Waals surface area contributed by atoms with Crippen molar-refractivity contribution >= 4 is 40.2 Å². The normalized spacial score (nSPS) is 16.1. The number of hydrogen-bond donors (Lipinski definition) is 0. The van der Waals surface area contributed by atoms with Gasteiger partial charge in [-0.3, -0.25) is 0 Å². The molecular formula is C41H33NOSi. The molecule has 0 bridgehead atoms. The van der Waals surface area contributed by atoms with Gasteiger partial charge in [-0.05, 0) is 88.0 Å². The molecule has 212 valence electrons. The van der Waals surface area contributed by atoms with Crippen LogP contribution in [-0.4, -0.2) is 13.6 Å². The summed E-state index contributed by atoms with van der Waals surface area (Å²) >= 11 is 0. The van der Waals surface area contributed by atoms with E-state index in [-0.39, 0.29) is 5.54 Å². The Morgan fingerprint density at radius 2 is 0.818 bits per heavy atom. The number of nitrogens with zero attached hydrogens (tertiary/aromatic N) is 1. The SMILES string of the molecule is CC(C)(C)N1c2ccccc2C2(c3ccccc31)c1ccccc1[Si]1(c3ccccc3Oc3ccccc31)c1ccccc12. The lowest BCUT2D eigenvalue weighted by molar-refractivity contribution is 0.487. The van der Waals surface area contributed by atoms with Gasteiger partial charge >= 0.3 is 0 Å². The molecule has 0 saturated carbocycles. The number of anilines is 2. The first-order chi connectivity index (χ1) is 21.5. The van der Waals surface area contributed by atoms with Crippen LogP contribution < -0.4 is 30.4 Å². The molecule has 0 saturated heterocycles. The van der Waals surface area contributed by atoms with Crippen molar-refractivity contribution in [2.75, 3.05) is 4.90 Å². The maximum atomic E-state index is 6.66. The fourth-order valence-corrected chi connectivity index (χ4v) is 14.2. The number of fused-ring (bicyclic) bond motifs is 14. The van der Waals surface area contributed by atoms with Crippen molar-refractivity contribution in [3.63, 3.8) is 0 Å². The Labute approximate surface area is 260 Å². The van der Waals surface area contributed by atoms with Crippen molar-refractivity contribution in [2.24, 2.45) is 0 Å². The molecule has 0 atom stereocenters. The molecule has 3 aliphatic heterocycles. The second kappa shape index (κ2) is 8.84.